The highest BCUT2D eigenvalue weighted by Crippen LogP contribution is 2.39. The Kier molecular flexibility index (Phi) is 5.19. The third-order valence-electron chi connectivity index (χ3n) is 4.70. The Morgan fingerprint density at radius 2 is 1.92 bits per heavy atom. The molecule has 0 saturated carbocycles. The molecule has 1 amide bonds. The van der Waals surface area contributed by atoms with Crippen molar-refractivity contribution < 1.29 is 9.53 Å². The van der Waals surface area contributed by atoms with Crippen molar-refractivity contribution in [2.75, 3.05) is 4.90 Å². The number of carbonyl (C=O) groups is 1. The predicted molar refractivity (Wildman–Crippen MR) is 105 cm³/mol. The number of anilines is 1. The van der Waals surface area contributed by atoms with Gasteiger partial charge in [0.2, 0.25) is 0 Å². The molecule has 0 bridgehead atoms. The first kappa shape index (κ1) is 18.0. The maximum absolute atomic E-state index is 13.0. The first-order chi connectivity index (χ1) is 11.9. The smallest absolute Gasteiger partial charge is 0.414 e. The van der Waals surface area contributed by atoms with Crippen LogP contribution in [0.4, 0.5) is 10.5 Å². The minimum Gasteiger partial charge on any atom is -0.444 e. The van der Waals surface area contributed by atoms with E-state index in [2.05, 4.69) is 42.8 Å². The molecule has 3 rings (SSSR count). The SMILES string of the molecule is CC(C)(C)C1CCc2cc(Br)ccc2N1C(=O)OCc1ccccc1. The fourth-order valence-corrected chi connectivity index (χ4v) is 3.82. The summed E-state index contributed by atoms with van der Waals surface area (Å²) in [6.45, 7) is 6.83. The highest BCUT2D eigenvalue weighted by Gasteiger charge is 2.39. The molecule has 1 aliphatic heterocycles. The quantitative estimate of drug-likeness (QED) is 0.621. The minimum atomic E-state index is -0.271. The lowest BCUT2D eigenvalue weighted by Crippen LogP contribution is -2.50. The van der Waals surface area contributed by atoms with Crippen LogP contribution in [0.5, 0.6) is 0 Å². The monoisotopic (exact) mass is 401 g/mol. The lowest BCUT2D eigenvalue weighted by Gasteiger charge is -2.43. The highest BCUT2D eigenvalue weighted by atomic mass is 79.9. The molecular formula is C21H24BrNO2. The maximum Gasteiger partial charge on any atom is 0.414 e. The Balaban J connectivity index is 1.87. The molecule has 0 aliphatic carbocycles. The summed E-state index contributed by atoms with van der Waals surface area (Å²) in [5, 5.41) is 0. The molecule has 0 aromatic heterocycles. The molecule has 25 heavy (non-hydrogen) atoms. The average Bonchev–Trinajstić information content (AvgIpc) is 2.58. The van der Waals surface area contributed by atoms with Crippen molar-refractivity contribution in [1.29, 1.82) is 0 Å². The normalized spacial score (nSPS) is 17.1. The van der Waals surface area contributed by atoms with E-state index in [0.29, 0.717) is 6.61 Å². The van der Waals surface area contributed by atoms with Gasteiger partial charge >= 0.3 is 6.09 Å². The van der Waals surface area contributed by atoms with Crippen LogP contribution < -0.4 is 4.90 Å². The third-order valence-corrected chi connectivity index (χ3v) is 5.19. The molecular weight excluding hydrogens is 378 g/mol. The summed E-state index contributed by atoms with van der Waals surface area (Å²) in [6, 6.07) is 16.0. The van der Waals surface area contributed by atoms with Gasteiger partial charge in [-0.1, -0.05) is 67.0 Å². The van der Waals surface area contributed by atoms with Gasteiger partial charge in [-0.25, -0.2) is 4.79 Å². The molecule has 132 valence electrons. The zero-order valence-corrected chi connectivity index (χ0v) is 16.5. The molecule has 0 saturated heterocycles. The molecule has 0 radical (unpaired) electrons. The molecule has 1 unspecified atom stereocenters. The number of fused-ring (bicyclic) bond motifs is 1. The molecule has 4 heteroatoms. The predicted octanol–water partition coefficient (Wildman–Crippen LogP) is 5.95. The van der Waals surface area contributed by atoms with Gasteiger partial charge in [0.1, 0.15) is 6.61 Å². The van der Waals surface area contributed by atoms with Crippen molar-refractivity contribution in [2.24, 2.45) is 5.41 Å². The van der Waals surface area contributed by atoms with Crippen molar-refractivity contribution in [3.63, 3.8) is 0 Å². The number of nitrogens with zero attached hydrogens (tertiary/aromatic N) is 1. The van der Waals surface area contributed by atoms with Crippen LogP contribution >= 0.6 is 15.9 Å². The van der Waals surface area contributed by atoms with Gasteiger partial charge < -0.3 is 4.74 Å². The van der Waals surface area contributed by atoms with E-state index in [0.717, 1.165) is 28.6 Å². The first-order valence-corrected chi connectivity index (χ1v) is 9.44. The Hall–Kier alpha value is -1.81. The van der Waals surface area contributed by atoms with Crippen LogP contribution in [0.2, 0.25) is 0 Å². The van der Waals surface area contributed by atoms with Crippen LogP contribution in [0.15, 0.2) is 53.0 Å². The third kappa shape index (κ3) is 4.06. The number of rotatable bonds is 2. The summed E-state index contributed by atoms with van der Waals surface area (Å²) >= 11 is 3.53. The summed E-state index contributed by atoms with van der Waals surface area (Å²) in [5.74, 6) is 0. The first-order valence-electron chi connectivity index (χ1n) is 8.64. The van der Waals surface area contributed by atoms with E-state index in [1.165, 1.54) is 5.56 Å². The second-order valence-corrected chi connectivity index (χ2v) is 8.52. The maximum atomic E-state index is 13.0. The molecule has 0 spiro atoms. The van der Waals surface area contributed by atoms with E-state index < -0.39 is 0 Å². The second-order valence-electron chi connectivity index (χ2n) is 7.60. The van der Waals surface area contributed by atoms with Gasteiger partial charge in [-0.3, -0.25) is 4.90 Å². The van der Waals surface area contributed by atoms with Gasteiger partial charge in [-0.2, -0.15) is 0 Å². The topological polar surface area (TPSA) is 29.5 Å². The Morgan fingerprint density at radius 3 is 2.60 bits per heavy atom. The van der Waals surface area contributed by atoms with Crippen molar-refractivity contribution in [2.45, 2.75) is 46.3 Å². The molecule has 0 N–H and O–H groups in total. The van der Waals surface area contributed by atoms with E-state index in [4.69, 9.17) is 4.74 Å². The summed E-state index contributed by atoms with van der Waals surface area (Å²) in [4.78, 5) is 14.8. The van der Waals surface area contributed by atoms with Crippen molar-refractivity contribution in [3.05, 3.63) is 64.1 Å². The zero-order valence-electron chi connectivity index (χ0n) is 15.0. The average molecular weight is 402 g/mol. The number of halogens is 1. The largest absolute Gasteiger partial charge is 0.444 e. The van der Waals surface area contributed by atoms with E-state index in [9.17, 15) is 4.79 Å². The molecule has 1 atom stereocenters. The standard InChI is InChI=1S/C21H24BrNO2/c1-21(2,3)19-12-9-16-13-17(22)10-11-18(16)23(19)20(24)25-14-15-7-5-4-6-8-15/h4-8,10-11,13,19H,9,12,14H2,1-3H3. The summed E-state index contributed by atoms with van der Waals surface area (Å²) in [7, 11) is 0. The van der Waals surface area contributed by atoms with E-state index >= 15 is 0 Å². The molecule has 0 fully saturated rings. The number of aryl methyl sites for hydroxylation is 1. The summed E-state index contributed by atoms with van der Waals surface area (Å²) in [5.41, 5.74) is 3.13. The van der Waals surface area contributed by atoms with Crippen LogP contribution in [0.25, 0.3) is 0 Å². The molecule has 3 nitrogen and oxygen atoms in total. The van der Waals surface area contributed by atoms with Crippen LogP contribution in [-0.4, -0.2) is 12.1 Å². The lowest BCUT2D eigenvalue weighted by molar-refractivity contribution is 0.136. The highest BCUT2D eigenvalue weighted by molar-refractivity contribution is 9.10. The van der Waals surface area contributed by atoms with Gasteiger partial charge in [-0.05, 0) is 47.6 Å². The van der Waals surface area contributed by atoms with Gasteiger partial charge in [0, 0.05) is 10.5 Å². The summed E-state index contributed by atoms with van der Waals surface area (Å²) < 4.78 is 6.70. The van der Waals surface area contributed by atoms with E-state index in [-0.39, 0.29) is 17.6 Å². The van der Waals surface area contributed by atoms with Gasteiger partial charge in [0.05, 0.1) is 5.69 Å². The van der Waals surface area contributed by atoms with Crippen LogP contribution in [-0.2, 0) is 17.8 Å². The lowest BCUT2D eigenvalue weighted by atomic mass is 9.79. The second kappa shape index (κ2) is 7.20. The number of carbonyl (C=O) groups excluding carboxylic acids is 1. The number of benzene rings is 2. The van der Waals surface area contributed by atoms with Gasteiger partial charge in [0.25, 0.3) is 0 Å². The fourth-order valence-electron chi connectivity index (χ4n) is 3.41. The van der Waals surface area contributed by atoms with Crippen molar-refractivity contribution >= 4 is 27.7 Å². The Bertz CT molecular complexity index is 752. The van der Waals surface area contributed by atoms with Crippen LogP contribution in [0.3, 0.4) is 0 Å². The Labute approximate surface area is 158 Å². The molecule has 1 heterocycles. The Morgan fingerprint density at radius 1 is 1.20 bits per heavy atom. The minimum absolute atomic E-state index is 0.0173. The van der Waals surface area contributed by atoms with Gasteiger partial charge in [0.15, 0.2) is 0 Å². The summed E-state index contributed by atoms with van der Waals surface area (Å²) in [6.07, 6.45) is 1.64. The fraction of sp³-hybridized carbons (Fsp3) is 0.381. The van der Waals surface area contributed by atoms with Crippen molar-refractivity contribution in [1.82, 2.24) is 0 Å². The number of ether oxygens (including phenoxy) is 1. The van der Waals surface area contributed by atoms with Crippen molar-refractivity contribution in [3.8, 4) is 0 Å². The zero-order chi connectivity index (χ0) is 18.0. The number of hydrogen-bond donors (Lipinski definition) is 0. The van der Waals surface area contributed by atoms with Crippen LogP contribution in [0, 0.1) is 5.41 Å². The number of hydrogen-bond acceptors (Lipinski definition) is 2. The molecule has 1 aliphatic rings. The van der Waals surface area contributed by atoms with Crippen LogP contribution in [0.1, 0.15) is 38.3 Å². The van der Waals surface area contributed by atoms with E-state index in [1.54, 1.807) is 0 Å². The number of amides is 1. The molecule has 2 aromatic rings. The van der Waals surface area contributed by atoms with E-state index in [1.807, 2.05) is 47.4 Å². The van der Waals surface area contributed by atoms with Gasteiger partial charge in [-0.15, -0.1) is 0 Å². The molecule has 2 aromatic carbocycles.